The van der Waals surface area contributed by atoms with E-state index in [-0.39, 0.29) is 5.91 Å². The Morgan fingerprint density at radius 2 is 1.96 bits per heavy atom. The Hall–Kier alpha value is -2.60. The molecule has 7 heteroatoms. The van der Waals surface area contributed by atoms with Crippen molar-refractivity contribution in [3.63, 3.8) is 0 Å². The average Bonchev–Trinajstić information content (AvgIpc) is 2.65. The van der Waals surface area contributed by atoms with Crippen molar-refractivity contribution in [2.75, 3.05) is 33.5 Å². The van der Waals surface area contributed by atoms with Gasteiger partial charge in [0.15, 0.2) is 11.5 Å². The summed E-state index contributed by atoms with van der Waals surface area (Å²) in [4.78, 5) is 12.3. The van der Waals surface area contributed by atoms with Crippen molar-refractivity contribution in [2.24, 2.45) is 0 Å². The molecule has 25 heavy (non-hydrogen) atoms. The fraction of sp³-hybridized carbons (Fsp3) is 0.278. The summed E-state index contributed by atoms with van der Waals surface area (Å²) >= 11 is 5.82. The molecule has 0 radical (unpaired) electrons. The maximum absolute atomic E-state index is 12.3. The van der Waals surface area contributed by atoms with Gasteiger partial charge in [-0.3, -0.25) is 4.79 Å². The van der Waals surface area contributed by atoms with Crippen LogP contribution in [0.25, 0.3) is 0 Å². The number of rotatable bonds is 6. The van der Waals surface area contributed by atoms with Crippen molar-refractivity contribution in [1.29, 1.82) is 0 Å². The van der Waals surface area contributed by atoms with E-state index in [1.165, 1.54) is 7.11 Å². The lowest BCUT2D eigenvalue weighted by Gasteiger charge is -2.21. The average molecular weight is 364 g/mol. The Kier molecular flexibility index (Phi) is 5.50. The molecule has 1 amide bonds. The lowest BCUT2D eigenvalue weighted by Crippen LogP contribution is -2.28. The fourth-order valence-electron chi connectivity index (χ4n) is 2.37. The number of hydrogen-bond acceptors (Lipinski definition) is 5. The zero-order chi connectivity index (χ0) is 17.6. The summed E-state index contributed by atoms with van der Waals surface area (Å²) in [7, 11) is 1.52. The second-order valence-corrected chi connectivity index (χ2v) is 5.70. The van der Waals surface area contributed by atoms with Crippen LogP contribution in [0.2, 0.25) is 5.02 Å². The molecule has 0 fully saturated rings. The molecule has 2 aromatic carbocycles. The molecule has 1 aliphatic rings. The Bertz CT molecular complexity index is 731. The first-order valence-corrected chi connectivity index (χ1v) is 8.19. The van der Waals surface area contributed by atoms with Crippen LogP contribution in [0.1, 0.15) is 10.4 Å². The zero-order valence-electron chi connectivity index (χ0n) is 13.7. The van der Waals surface area contributed by atoms with Crippen LogP contribution in [0.15, 0.2) is 36.4 Å². The minimum atomic E-state index is -0.241. The summed E-state index contributed by atoms with van der Waals surface area (Å²) in [5.74, 6) is 1.96. The van der Waals surface area contributed by atoms with Crippen molar-refractivity contribution in [3.8, 4) is 23.0 Å². The lowest BCUT2D eigenvalue weighted by atomic mass is 10.1. The third kappa shape index (κ3) is 4.28. The highest BCUT2D eigenvalue weighted by Gasteiger charge is 2.20. The molecule has 2 aromatic rings. The Balaban J connectivity index is 1.57. The van der Waals surface area contributed by atoms with Gasteiger partial charge in [0.25, 0.3) is 5.91 Å². The van der Waals surface area contributed by atoms with E-state index in [0.29, 0.717) is 59.9 Å². The summed E-state index contributed by atoms with van der Waals surface area (Å²) in [5, 5.41) is 3.44. The summed E-state index contributed by atoms with van der Waals surface area (Å²) < 4.78 is 21.9. The van der Waals surface area contributed by atoms with Crippen LogP contribution in [0.4, 0.5) is 0 Å². The SMILES string of the molecule is COc1cc(C(=O)NCCOc2ccc(Cl)cc2)cc2c1OCCO2. The largest absolute Gasteiger partial charge is 0.493 e. The predicted octanol–water partition coefficient (Wildman–Crippen LogP) is 2.93. The molecule has 3 rings (SSSR count). The number of fused-ring (bicyclic) bond motifs is 1. The molecule has 0 saturated heterocycles. The van der Waals surface area contributed by atoms with Gasteiger partial charge in [-0.2, -0.15) is 0 Å². The van der Waals surface area contributed by atoms with Crippen molar-refractivity contribution >= 4 is 17.5 Å². The molecule has 0 unspecified atom stereocenters. The van der Waals surface area contributed by atoms with Crippen LogP contribution in [0, 0.1) is 0 Å². The number of benzene rings is 2. The van der Waals surface area contributed by atoms with Crippen molar-refractivity contribution < 1.29 is 23.7 Å². The highest BCUT2D eigenvalue weighted by molar-refractivity contribution is 6.30. The smallest absolute Gasteiger partial charge is 0.251 e. The molecule has 0 aromatic heterocycles. The number of carbonyl (C=O) groups is 1. The third-order valence-corrected chi connectivity index (χ3v) is 3.81. The van der Waals surface area contributed by atoms with E-state index >= 15 is 0 Å². The Morgan fingerprint density at radius 3 is 2.72 bits per heavy atom. The number of hydrogen-bond donors (Lipinski definition) is 1. The first kappa shape index (κ1) is 17.2. The lowest BCUT2D eigenvalue weighted by molar-refractivity contribution is 0.0945. The van der Waals surface area contributed by atoms with Crippen LogP contribution in [-0.4, -0.2) is 39.4 Å². The van der Waals surface area contributed by atoms with E-state index < -0.39 is 0 Å². The van der Waals surface area contributed by atoms with E-state index in [4.69, 9.17) is 30.5 Å². The Morgan fingerprint density at radius 1 is 1.20 bits per heavy atom. The number of methoxy groups -OCH3 is 1. The van der Waals surface area contributed by atoms with E-state index in [1.54, 1.807) is 36.4 Å². The van der Waals surface area contributed by atoms with Gasteiger partial charge in [-0.25, -0.2) is 0 Å². The summed E-state index contributed by atoms with van der Waals surface area (Å²) in [6.07, 6.45) is 0. The molecule has 0 bridgehead atoms. The van der Waals surface area contributed by atoms with Crippen molar-refractivity contribution in [1.82, 2.24) is 5.32 Å². The normalized spacial score (nSPS) is 12.4. The number of halogens is 1. The molecule has 1 aliphatic heterocycles. The monoisotopic (exact) mass is 363 g/mol. The number of ether oxygens (including phenoxy) is 4. The van der Waals surface area contributed by atoms with Gasteiger partial charge in [0.05, 0.1) is 13.7 Å². The quantitative estimate of drug-likeness (QED) is 0.799. The predicted molar refractivity (Wildman–Crippen MR) is 93.3 cm³/mol. The summed E-state index contributed by atoms with van der Waals surface area (Å²) in [5.41, 5.74) is 0.438. The maximum atomic E-state index is 12.3. The topological polar surface area (TPSA) is 66.0 Å². The number of nitrogens with one attached hydrogen (secondary N) is 1. The summed E-state index contributed by atoms with van der Waals surface area (Å²) in [6, 6.07) is 10.3. The zero-order valence-corrected chi connectivity index (χ0v) is 14.5. The van der Waals surface area contributed by atoms with Crippen LogP contribution in [0.5, 0.6) is 23.0 Å². The second-order valence-electron chi connectivity index (χ2n) is 5.26. The number of carbonyl (C=O) groups excluding carboxylic acids is 1. The van der Waals surface area contributed by atoms with Gasteiger partial charge in [-0.05, 0) is 36.4 Å². The fourth-order valence-corrected chi connectivity index (χ4v) is 2.50. The molecule has 1 N–H and O–H groups in total. The highest BCUT2D eigenvalue weighted by atomic mass is 35.5. The second kappa shape index (κ2) is 7.98. The molecule has 6 nitrogen and oxygen atoms in total. The van der Waals surface area contributed by atoms with Gasteiger partial charge in [0.1, 0.15) is 25.6 Å². The minimum absolute atomic E-state index is 0.241. The molecule has 0 aliphatic carbocycles. The van der Waals surface area contributed by atoms with Crippen LogP contribution in [0.3, 0.4) is 0 Å². The molecule has 132 valence electrons. The molecule has 1 heterocycles. The van der Waals surface area contributed by atoms with Gasteiger partial charge < -0.3 is 24.3 Å². The highest BCUT2D eigenvalue weighted by Crippen LogP contribution is 2.40. The standard InChI is InChI=1S/C18H18ClNO5/c1-22-15-10-12(11-16-17(15)25-9-8-24-16)18(21)20-6-7-23-14-4-2-13(19)3-5-14/h2-5,10-11H,6-9H2,1H3,(H,20,21). The van der Waals surface area contributed by atoms with Crippen molar-refractivity contribution in [2.45, 2.75) is 0 Å². The summed E-state index contributed by atoms with van der Waals surface area (Å²) in [6.45, 7) is 1.60. The van der Waals surface area contributed by atoms with Gasteiger partial charge in [0, 0.05) is 10.6 Å². The molecule has 0 atom stereocenters. The third-order valence-electron chi connectivity index (χ3n) is 3.56. The van der Waals surface area contributed by atoms with Gasteiger partial charge in [-0.15, -0.1) is 0 Å². The van der Waals surface area contributed by atoms with Gasteiger partial charge >= 0.3 is 0 Å². The maximum Gasteiger partial charge on any atom is 0.251 e. The van der Waals surface area contributed by atoms with Crippen LogP contribution >= 0.6 is 11.6 Å². The van der Waals surface area contributed by atoms with E-state index in [9.17, 15) is 4.79 Å². The van der Waals surface area contributed by atoms with Crippen LogP contribution in [-0.2, 0) is 0 Å². The minimum Gasteiger partial charge on any atom is -0.493 e. The molecular weight excluding hydrogens is 346 g/mol. The molecular formula is C18H18ClNO5. The van der Waals surface area contributed by atoms with Crippen LogP contribution < -0.4 is 24.3 Å². The Labute approximate surface area is 150 Å². The molecule has 0 spiro atoms. The van der Waals surface area contributed by atoms with E-state index in [0.717, 1.165) is 0 Å². The van der Waals surface area contributed by atoms with Gasteiger partial charge in [0.2, 0.25) is 5.75 Å². The number of amides is 1. The molecule has 0 saturated carbocycles. The van der Waals surface area contributed by atoms with Crippen molar-refractivity contribution in [3.05, 3.63) is 47.0 Å². The first-order valence-electron chi connectivity index (χ1n) is 7.81. The first-order chi connectivity index (χ1) is 12.2. The van der Waals surface area contributed by atoms with E-state index in [2.05, 4.69) is 5.32 Å². The van der Waals surface area contributed by atoms with E-state index in [1.807, 2.05) is 0 Å². The van der Waals surface area contributed by atoms with Gasteiger partial charge in [-0.1, -0.05) is 11.6 Å².